The predicted molar refractivity (Wildman–Crippen MR) is 93.3 cm³/mol. The molecule has 28 heavy (non-hydrogen) atoms. The number of allylic oxidation sites excluding steroid dienone is 1. The standard InChI is InChI=1S/C18H18F3N3O4/c1-2-14(26)22-8-11-9-24(18(27)28-11)13-7-12(19)17(16(21)15(13)20)23-5-3-10(25)4-6-23/h3,5,7,11H,2,4,6,8-9H2,1H3,(H,22,26). The molecule has 2 aliphatic heterocycles. The zero-order valence-corrected chi connectivity index (χ0v) is 15.0. The Labute approximate surface area is 158 Å². The molecular formula is C18H18F3N3O4. The first kappa shape index (κ1) is 19.7. The van der Waals surface area contributed by atoms with E-state index in [9.17, 15) is 27.6 Å². The van der Waals surface area contributed by atoms with Gasteiger partial charge in [0.15, 0.2) is 23.2 Å². The molecule has 0 radical (unpaired) electrons. The molecule has 2 aliphatic rings. The molecule has 1 aromatic carbocycles. The molecule has 1 saturated heterocycles. The number of benzene rings is 1. The number of ketones is 1. The van der Waals surface area contributed by atoms with Gasteiger partial charge >= 0.3 is 6.09 Å². The van der Waals surface area contributed by atoms with Crippen LogP contribution in [0.3, 0.4) is 0 Å². The number of hydrogen-bond acceptors (Lipinski definition) is 5. The third kappa shape index (κ3) is 3.80. The summed E-state index contributed by atoms with van der Waals surface area (Å²) in [6.45, 7) is 1.49. The monoisotopic (exact) mass is 397 g/mol. The highest BCUT2D eigenvalue weighted by molar-refractivity contribution is 5.92. The fraction of sp³-hybridized carbons (Fsp3) is 0.389. The minimum absolute atomic E-state index is 0.00613. The topological polar surface area (TPSA) is 79.0 Å². The van der Waals surface area contributed by atoms with Gasteiger partial charge < -0.3 is 15.0 Å². The second-order valence-corrected chi connectivity index (χ2v) is 6.35. The molecular weight excluding hydrogens is 379 g/mol. The molecule has 0 spiro atoms. The van der Waals surface area contributed by atoms with Crippen LogP contribution < -0.4 is 15.1 Å². The van der Waals surface area contributed by atoms with Gasteiger partial charge in [-0.3, -0.25) is 14.5 Å². The van der Waals surface area contributed by atoms with Gasteiger partial charge in [-0.25, -0.2) is 18.0 Å². The number of rotatable bonds is 5. The molecule has 10 heteroatoms. The number of amides is 2. The van der Waals surface area contributed by atoms with E-state index in [2.05, 4.69) is 5.32 Å². The summed E-state index contributed by atoms with van der Waals surface area (Å²) in [6, 6.07) is 0.715. The smallest absolute Gasteiger partial charge is 0.414 e. The number of halogens is 3. The van der Waals surface area contributed by atoms with E-state index in [0.717, 1.165) is 15.9 Å². The predicted octanol–water partition coefficient (Wildman–Crippen LogP) is 2.25. The van der Waals surface area contributed by atoms with Crippen LogP contribution >= 0.6 is 0 Å². The van der Waals surface area contributed by atoms with Gasteiger partial charge in [-0.1, -0.05) is 6.92 Å². The van der Waals surface area contributed by atoms with Gasteiger partial charge in [-0.15, -0.1) is 0 Å². The van der Waals surface area contributed by atoms with E-state index in [1.807, 2.05) is 0 Å². The van der Waals surface area contributed by atoms with Crippen molar-refractivity contribution >= 4 is 29.2 Å². The lowest BCUT2D eigenvalue weighted by Crippen LogP contribution is -2.34. The average Bonchev–Trinajstić information content (AvgIpc) is 3.04. The fourth-order valence-electron chi connectivity index (χ4n) is 2.96. The quantitative estimate of drug-likeness (QED) is 0.771. The summed E-state index contributed by atoms with van der Waals surface area (Å²) >= 11 is 0. The van der Waals surface area contributed by atoms with Crippen molar-refractivity contribution in [2.24, 2.45) is 0 Å². The highest BCUT2D eigenvalue weighted by Gasteiger charge is 2.36. The first-order valence-corrected chi connectivity index (χ1v) is 8.71. The Bertz CT molecular complexity index is 859. The molecule has 2 amide bonds. The Balaban J connectivity index is 1.83. The number of hydrogen-bond donors (Lipinski definition) is 1. The van der Waals surface area contributed by atoms with E-state index < -0.39 is 41.0 Å². The van der Waals surface area contributed by atoms with Crippen molar-refractivity contribution in [3.8, 4) is 0 Å². The second kappa shape index (κ2) is 7.91. The third-order valence-electron chi connectivity index (χ3n) is 4.45. The van der Waals surface area contributed by atoms with Crippen molar-refractivity contribution in [2.75, 3.05) is 29.4 Å². The van der Waals surface area contributed by atoms with Crippen LogP contribution in [0.4, 0.5) is 29.3 Å². The van der Waals surface area contributed by atoms with Crippen molar-refractivity contribution in [2.45, 2.75) is 25.9 Å². The fourth-order valence-corrected chi connectivity index (χ4v) is 2.96. The summed E-state index contributed by atoms with van der Waals surface area (Å²) in [5.41, 5.74) is -1.23. The number of carbonyl (C=O) groups excluding carboxylic acids is 3. The molecule has 3 rings (SSSR count). The number of ether oxygens (including phenoxy) is 1. The van der Waals surface area contributed by atoms with Crippen molar-refractivity contribution in [1.82, 2.24) is 5.32 Å². The summed E-state index contributed by atoms with van der Waals surface area (Å²) in [5, 5.41) is 2.53. The van der Waals surface area contributed by atoms with E-state index in [0.29, 0.717) is 6.07 Å². The minimum atomic E-state index is -1.47. The van der Waals surface area contributed by atoms with Crippen molar-refractivity contribution in [1.29, 1.82) is 0 Å². The molecule has 1 aromatic rings. The maximum absolute atomic E-state index is 14.6. The molecule has 1 N–H and O–H groups in total. The first-order chi connectivity index (χ1) is 13.3. The van der Waals surface area contributed by atoms with Gasteiger partial charge in [0.1, 0.15) is 11.8 Å². The van der Waals surface area contributed by atoms with Crippen LogP contribution in [0.25, 0.3) is 0 Å². The van der Waals surface area contributed by atoms with Crippen LogP contribution in [0.5, 0.6) is 0 Å². The maximum atomic E-state index is 14.6. The van der Waals surface area contributed by atoms with Gasteiger partial charge in [-0.2, -0.15) is 0 Å². The van der Waals surface area contributed by atoms with Gasteiger partial charge in [0, 0.05) is 31.7 Å². The first-order valence-electron chi connectivity index (χ1n) is 8.71. The molecule has 1 fully saturated rings. The molecule has 0 aromatic heterocycles. The van der Waals surface area contributed by atoms with Gasteiger partial charge in [0.05, 0.1) is 18.8 Å². The van der Waals surface area contributed by atoms with Gasteiger partial charge in [-0.05, 0) is 6.08 Å². The Hall–Kier alpha value is -3.04. The number of anilines is 2. The van der Waals surface area contributed by atoms with Crippen LogP contribution in [0.1, 0.15) is 19.8 Å². The van der Waals surface area contributed by atoms with Crippen LogP contribution in [-0.4, -0.2) is 43.5 Å². The van der Waals surface area contributed by atoms with Crippen molar-refractivity contribution in [3.63, 3.8) is 0 Å². The van der Waals surface area contributed by atoms with E-state index in [-0.39, 0.29) is 44.2 Å². The zero-order valence-electron chi connectivity index (χ0n) is 15.0. The minimum Gasteiger partial charge on any atom is -0.442 e. The molecule has 0 saturated carbocycles. The van der Waals surface area contributed by atoms with Crippen LogP contribution in [0.15, 0.2) is 18.3 Å². The SMILES string of the molecule is CCC(=O)NCC1CN(c2cc(F)c(N3C=CC(=O)CC3)c(F)c2F)C(=O)O1. The highest BCUT2D eigenvalue weighted by atomic mass is 19.2. The van der Waals surface area contributed by atoms with Crippen LogP contribution in [0.2, 0.25) is 0 Å². The summed E-state index contributed by atoms with van der Waals surface area (Å²) < 4.78 is 48.8. The second-order valence-electron chi connectivity index (χ2n) is 6.35. The Morgan fingerprint density at radius 1 is 1.29 bits per heavy atom. The van der Waals surface area contributed by atoms with Crippen molar-refractivity contribution in [3.05, 3.63) is 35.8 Å². The number of nitrogens with one attached hydrogen (secondary N) is 1. The molecule has 0 bridgehead atoms. The Kier molecular flexibility index (Phi) is 5.57. The highest BCUT2D eigenvalue weighted by Crippen LogP contribution is 2.35. The van der Waals surface area contributed by atoms with Gasteiger partial charge in [0.2, 0.25) is 5.91 Å². The van der Waals surface area contributed by atoms with Crippen LogP contribution in [0, 0.1) is 17.5 Å². The van der Waals surface area contributed by atoms with E-state index in [1.54, 1.807) is 6.92 Å². The van der Waals surface area contributed by atoms with Crippen molar-refractivity contribution < 1.29 is 32.3 Å². The summed E-state index contributed by atoms with van der Waals surface area (Å²) in [5.74, 6) is -4.41. The summed E-state index contributed by atoms with van der Waals surface area (Å²) in [4.78, 5) is 36.4. The van der Waals surface area contributed by atoms with E-state index in [1.165, 1.54) is 6.20 Å². The third-order valence-corrected chi connectivity index (χ3v) is 4.45. The normalized spacial score (nSPS) is 19.2. The molecule has 150 valence electrons. The average molecular weight is 397 g/mol. The molecule has 1 atom stereocenters. The maximum Gasteiger partial charge on any atom is 0.414 e. The van der Waals surface area contributed by atoms with Gasteiger partial charge in [0.25, 0.3) is 0 Å². The number of nitrogens with zero attached hydrogens (tertiary/aromatic N) is 2. The lowest BCUT2D eigenvalue weighted by Gasteiger charge is -2.25. The summed E-state index contributed by atoms with van der Waals surface area (Å²) in [6.07, 6.45) is 0.883. The lowest BCUT2D eigenvalue weighted by molar-refractivity contribution is -0.121. The van der Waals surface area contributed by atoms with E-state index >= 15 is 0 Å². The summed E-state index contributed by atoms with van der Waals surface area (Å²) in [7, 11) is 0. The zero-order chi connectivity index (χ0) is 20.4. The lowest BCUT2D eigenvalue weighted by atomic mass is 10.1. The number of cyclic esters (lactones) is 1. The molecule has 0 aliphatic carbocycles. The Morgan fingerprint density at radius 2 is 2.04 bits per heavy atom. The number of carbonyl (C=O) groups is 3. The largest absolute Gasteiger partial charge is 0.442 e. The van der Waals surface area contributed by atoms with E-state index in [4.69, 9.17) is 4.74 Å². The van der Waals surface area contributed by atoms with Crippen LogP contribution in [-0.2, 0) is 14.3 Å². The molecule has 1 unspecified atom stereocenters. The molecule has 2 heterocycles. The molecule has 7 nitrogen and oxygen atoms in total. The Morgan fingerprint density at radius 3 is 2.68 bits per heavy atom.